The van der Waals surface area contributed by atoms with E-state index in [4.69, 9.17) is 9.73 Å². The Hall–Kier alpha value is -2.97. The van der Waals surface area contributed by atoms with Crippen LogP contribution in [0.15, 0.2) is 80.7 Å². The van der Waals surface area contributed by atoms with E-state index in [1.165, 1.54) is 0 Å². The minimum Gasteiger partial charge on any atom is -0.453 e. The van der Waals surface area contributed by atoms with E-state index in [1.54, 1.807) is 9.80 Å². The van der Waals surface area contributed by atoms with Crippen LogP contribution in [0.25, 0.3) is 0 Å². The number of nitrogens with zero attached hydrogens (tertiary/aromatic N) is 3. The van der Waals surface area contributed by atoms with Crippen LogP contribution in [0, 0.1) is 17.8 Å². The molecule has 3 aromatic carbocycles. The molecule has 38 heavy (non-hydrogen) atoms. The molecule has 2 atom stereocenters. The monoisotopic (exact) mass is 635 g/mol. The fraction of sp³-hybridized carbons (Fsp3) is 0.300. The quantitative estimate of drug-likeness (QED) is 0.285. The van der Waals surface area contributed by atoms with Gasteiger partial charge in [0.1, 0.15) is 5.41 Å². The number of carbonyl (C=O) groups is 2. The number of hydrogen-bond donors (Lipinski definition) is 0. The molecule has 0 radical (unpaired) electrons. The number of amides is 2. The van der Waals surface area contributed by atoms with E-state index in [9.17, 15) is 9.59 Å². The van der Waals surface area contributed by atoms with Crippen molar-refractivity contribution in [3.63, 3.8) is 0 Å². The Kier molecular flexibility index (Phi) is 5.50. The maximum atomic E-state index is 13.8. The highest BCUT2D eigenvalue weighted by molar-refractivity contribution is 9.10. The number of ether oxygens (including phenoxy) is 1. The molecule has 0 unspecified atom stereocenters. The van der Waals surface area contributed by atoms with Gasteiger partial charge in [0, 0.05) is 25.9 Å². The summed E-state index contributed by atoms with van der Waals surface area (Å²) in [4.78, 5) is 35.5. The van der Waals surface area contributed by atoms with Gasteiger partial charge in [-0.15, -0.1) is 0 Å². The zero-order valence-corrected chi connectivity index (χ0v) is 24.9. The van der Waals surface area contributed by atoms with Crippen molar-refractivity contribution in [1.82, 2.24) is 0 Å². The van der Waals surface area contributed by atoms with Crippen LogP contribution >= 0.6 is 31.9 Å². The number of benzene rings is 3. The number of aryl methyl sites for hydroxylation is 1. The molecular formula is C30H27Br2N3O3. The number of hydrogen-bond acceptors (Lipinski definition) is 4. The first kappa shape index (κ1) is 25.3. The lowest BCUT2D eigenvalue weighted by atomic mass is 9.59. The number of aliphatic imine (C=N–C) groups is 1. The zero-order valence-electron chi connectivity index (χ0n) is 21.8. The summed E-state index contributed by atoms with van der Waals surface area (Å²) in [6, 6.07) is 21.4. The summed E-state index contributed by atoms with van der Waals surface area (Å²) in [6.07, 6.45) is -0.597. The van der Waals surface area contributed by atoms with E-state index in [1.807, 2.05) is 95.3 Å². The van der Waals surface area contributed by atoms with Crippen LogP contribution in [0.5, 0.6) is 0 Å². The Balaban J connectivity index is 1.49. The summed E-state index contributed by atoms with van der Waals surface area (Å²) in [6.45, 7) is 9.71. The first-order valence-electron chi connectivity index (χ1n) is 12.5. The molecular weight excluding hydrogens is 610 g/mol. The highest BCUT2D eigenvalue weighted by atomic mass is 79.9. The molecule has 194 valence electrons. The van der Waals surface area contributed by atoms with Crippen LogP contribution in [0.2, 0.25) is 0 Å². The average Bonchev–Trinajstić information content (AvgIpc) is 3.21. The van der Waals surface area contributed by atoms with Crippen LogP contribution in [0.4, 0.5) is 17.1 Å². The van der Waals surface area contributed by atoms with Gasteiger partial charge in [-0.1, -0.05) is 49.6 Å². The Bertz CT molecular complexity index is 1530. The molecule has 0 saturated carbocycles. The molecule has 6 rings (SSSR count). The number of carbonyl (C=O) groups excluding carboxylic acids is 2. The first-order chi connectivity index (χ1) is 17.9. The van der Waals surface area contributed by atoms with Crippen molar-refractivity contribution < 1.29 is 14.3 Å². The van der Waals surface area contributed by atoms with Gasteiger partial charge < -0.3 is 4.74 Å². The Morgan fingerprint density at radius 3 is 2.00 bits per heavy atom. The topological polar surface area (TPSA) is 62.2 Å². The van der Waals surface area contributed by atoms with E-state index in [0.717, 1.165) is 37.1 Å². The smallest absolute Gasteiger partial charge is 0.241 e. The summed E-state index contributed by atoms with van der Waals surface area (Å²) in [5, 5.41) is 0. The van der Waals surface area contributed by atoms with Gasteiger partial charge in [0.15, 0.2) is 11.8 Å². The lowest BCUT2D eigenvalue weighted by Crippen LogP contribution is -2.78. The van der Waals surface area contributed by atoms with Gasteiger partial charge in [-0.25, -0.2) is 4.99 Å². The first-order valence-corrected chi connectivity index (χ1v) is 14.1. The maximum absolute atomic E-state index is 13.8. The van der Waals surface area contributed by atoms with Gasteiger partial charge in [-0.05, 0) is 89.2 Å². The summed E-state index contributed by atoms with van der Waals surface area (Å²) in [5.41, 5.74) is 1.71. The highest BCUT2D eigenvalue weighted by Crippen LogP contribution is 2.63. The van der Waals surface area contributed by atoms with Crippen molar-refractivity contribution in [2.45, 2.75) is 46.4 Å². The molecule has 0 aliphatic carbocycles. The molecule has 0 N–H and O–H groups in total. The number of halogens is 2. The second-order valence-electron chi connectivity index (χ2n) is 11.2. The van der Waals surface area contributed by atoms with Crippen LogP contribution in [-0.4, -0.2) is 23.9 Å². The molecule has 3 heterocycles. The maximum Gasteiger partial charge on any atom is 0.241 e. The van der Waals surface area contributed by atoms with E-state index >= 15 is 0 Å². The number of rotatable bonds is 3. The number of fused-ring (bicyclic) bond motifs is 2. The minimum absolute atomic E-state index is 0.0146. The third-order valence-corrected chi connectivity index (χ3v) is 9.14. The minimum atomic E-state index is -0.959. The van der Waals surface area contributed by atoms with E-state index < -0.39 is 22.6 Å². The van der Waals surface area contributed by atoms with Gasteiger partial charge in [0.2, 0.25) is 17.7 Å². The van der Waals surface area contributed by atoms with Crippen molar-refractivity contribution in [1.29, 1.82) is 0 Å². The van der Waals surface area contributed by atoms with Crippen molar-refractivity contribution >= 4 is 66.6 Å². The van der Waals surface area contributed by atoms with Crippen LogP contribution in [-0.2, 0) is 19.9 Å². The summed E-state index contributed by atoms with van der Waals surface area (Å²) in [7, 11) is 0. The molecule has 2 saturated heterocycles. The molecule has 0 aromatic heterocycles. The molecule has 6 nitrogen and oxygen atoms in total. The SMILES string of the molecule is Cc1ccc2c(c1)[C@]1(C(O[C@@H]3N(c4ccc(Br)cc4)C(=O)C3(C)C)=N2)N(c2ccc(Br)cc2)C(=O)C1(C)C. The standard InChI is InChI=1S/C30H27Br2N3O3/c1-17-6-15-23-22(16-17)30(29(4,5)26(37)35(30)21-13-9-19(32)10-14-21)24(33-23)38-27-28(2,3)25(36)34(27)20-11-7-18(31)8-12-20/h6-16,27H,1-5H3/t27-,30+/m0/s1. The van der Waals surface area contributed by atoms with Gasteiger partial charge >= 0.3 is 0 Å². The van der Waals surface area contributed by atoms with E-state index in [2.05, 4.69) is 37.9 Å². The lowest BCUT2D eigenvalue weighted by molar-refractivity contribution is -0.151. The van der Waals surface area contributed by atoms with Crippen LogP contribution in [0.1, 0.15) is 38.8 Å². The molecule has 2 fully saturated rings. The van der Waals surface area contributed by atoms with E-state index in [-0.39, 0.29) is 11.8 Å². The Labute approximate surface area is 238 Å². The molecule has 0 bridgehead atoms. The van der Waals surface area contributed by atoms with Crippen molar-refractivity contribution in [2.75, 3.05) is 9.80 Å². The van der Waals surface area contributed by atoms with Crippen molar-refractivity contribution in [2.24, 2.45) is 15.8 Å². The normalized spacial score (nSPS) is 24.6. The Morgan fingerprint density at radius 2 is 1.39 bits per heavy atom. The predicted molar refractivity (Wildman–Crippen MR) is 156 cm³/mol. The second-order valence-corrected chi connectivity index (χ2v) is 13.1. The molecule has 3 aliphatic heterocycles. The van der Waals surface area contributed by atoms with Crippen molar-refractivity contribution in [3.05, 3.63) is 86.8 Å². The van der Waals surface area contributed by atoms with Gasteiger partial charge in [-0.3, -0.25) is 19.4 Å². The lowest BCUT2D eigenvalue weighted by Gasteiger charge is -2.62. The summed E-state index contributed by atoms with van der Waals surface area (Å²) in [5.74, 6) is 0.386. The molecule has 8 heteroatoms. The zero-order chi connectivity index (χ0) is 27.2. The Morgan fingerprint density at radius 1 is 0.816 bits per heavy atom. The highest BCUT2D eigenvalue weighted by Gasteiger charge is 2.74. The second kappa shape index (κ2) is 8.26. The van der Waals surface area contributed by atoms with Crippen LogP contribution in [0.3, 0.4) is 0 Å². The average molecular weight is 637 g/mol. The molecule has 2 amide bonds. The van der Waals surface area contributed by atoms with Crippen molar-refractivity contribution in [3.8, 4) is 0 Å². The third-order valence-electron chi connectivity index (χ3n) is 8.09. The molecule has 1 spiro atoms. The summed E-state index contributed by atoms with van der Waals surface area (Å²) < 4.78 is 8.66. The predicted octanol–water partition coefficient (Wildman–Crippen LogP) is 7.25. The third kappa shape index (κ3) is 3.19. The van der Waals surface area contributed by atoms with Crippen LogP contribution < -0.4 is 9.80 Å². The fourth-order valence-electron chi connectivity index (χ4n) is 5.93. The van der Waals surface area contributed by atoms with Gasteiger partial charge in [-0.2, -0.15) is 0 Å². The molecule has 3 aliphatic rings. The van der Waals surface area contributed by atoms with E-state index in [0.29, 0.717) is 5.90 Å². The fourth-order valence-corrected chi connectivity index (χ4v) is 6.46. The number of anilines is 2. The molecule has 3 aromatic rings. The summed E-state index contributed by atoms with van der Waals surface area (Å²) >= 11 is 6.97. The largest absolute Gasteiger partial charge is 0.453 e. The van der Waals surface area contributed by atoms with Gasteiger partial charge in [0.25, 0.3) is 0 Å². The number of β-lactam (4-membered cyclic amide) rings is 2. The van der Waals surface area contributed by atoms with Gasteiger partial charge in [0.05, 0.1) is 11.1 Å².